The van der Waals surface area contributed by atoms with E-state index in [2.05, 4.69) is 4.98 Å². The zero-order valence-corrected chi connectivity index (χ0v) is 9.48. The van der Waals surface area contributed by atoms with E-state index in [1.54, 1.807) is 18.3 Å². The van der Waals surface area contributed by atoms with Crippen LogP contribution in [0.4, 0.5) is 0 Å². The molecule has 1 aliphatic carbocycles. The van der Waals surface area contributed by atoms with E-state index >= 15 is 0 Å². The molecule has 1 aliphatic rings. The first-order chi connectivity index (χ1) is 7.68. The maximum atomic E-state index is 11.0. The standard InChI is InChI=1S/C11H13NO3S/c13-8-4-1-5-9(8)16-10-7(11(14)15)3-2-6-12-10/h2-3,6,8-9,13H,1,4-5H2,(H,14,15). The number of carboxylic acids is 1. The molecule has 16 heavy (non-hydrogen) atoms. The van der Waals surface area contributed by atoms with Gasteiger partial charge in [-0.3, -0.25) is 0 Å². The predicted molar refractivity (Wildman–Crippen MR) is 60.7 cm³/mol. The summed E-state index contributed by atoms with van der Waals surface area (Å²) in [5.41, 5.74) is 0.214. The fraction of sp³-hybridized carbons (Fsp3) is 0.455. The van der Waals surface area contributed by atoms with Crippen molar-refractivity contribution in [2.45, 2.75) is 35.6 Å². The average molecular weight is 239 g/mol. The summed E-state index contributed by atoms with van der Waals surface area (Å²) in [7, 11) is 0. The second-order valence-corrected chi connectivity index (χ2v) is 5.04. The molecule has 0 aromatic carbocycles. The summed E-state index contributed by atoms with van der Waals surface area (Å²) in [5, 5.41) is 19.3. The van der Waals surface area contributed by atoms with Gasteiger partial charge in [0.1, 0.15) is 5.03 Å². The molecule has 4 nitrogen and oxygen atoms in total. The summed E-state index contributed by atoms with van der Waals surface area (Å²) < 4.78 is 0. The third-order valence-electron chi connectivity index (χ3n) is 2.68. The Balaban J connectivity index is 2.17. The Labute approximate surface area is 97.7 Å². The third kappa shape index (κ3) is 2.36. The molecule has 2 N–H and O–H groups in total. The van der Waals surface area contributed by atoms with Crippen LogP contribution in [-0.2, 0) is 0 Å². The van der Waals surface area contributed by atoms with Gasteiger partial charge in [-0.1, -0.05) is 11.8 Å². The SMILES string of the molecule is O=C(O)c1cccnc1SC1CCCC1O. The van der Waals surface area contributed by atoms with Gasteiger partial charge in [0, 0.05) is 11.4 Å². The molecule has 0 saturated heterocycles. The minimum absolute atomic E-state index is 0.0769. The van der Waals surface area contributed by atoms with Gasteiger partial charge in [0.25, 0.3) is 0 Å². The molecule has 2 atom stereocenters. The van der Waals surface area contributed by atoms with Crippen molar-refractivity contribution in [1.82, 2.24) is 4.98 Å². The Morgan fingerprint density at radius 1 is 1.50 bits per heavy atom. The van der Waals surface area contributed by atoms with E-state index in [0.29, 0.717) is 5.03 Å². The first-order valence-corrected chi connectivity index (χ1v) is 6.09. The highest BCUT2D eigenvalue weighted by molar-refractivity contribution is 8.00. The summed E-state index contributed by atoms with van der Waals surface area (Å²) in [5.74, 6) is -0.969. The highest BCUT2D eigenvalue weighted by Gasteiger charge is 2.27. The van der Waals surface area contributed by atoms with Gasteiger partial charge < -0.3 is 10.2 Å². The number of nitrogens with zero attached hydrogens (tertiary/aromatic N) is 1. The molecule has 1 aromatic rings. The molecule has 2 unspecified atom stereocenters. The van der Waals surface area contributed by atoms with E-state index in [1.165, 1.54) is 11.8 Å². The number of carboxylic acid groups (broad SMARTS) is 1. The Bertz CT molecular complexity index is 397. The van der Waals surface area contributed by atoms with Crippen LogP contribution in [-0.4, -0.2) is 32.5 Å². The number of aliphatic hydroxyl groups is 1. The molecule has 1 heterocycles. The number of hydrogen-bond acceptors (Lipinski definition) is 4. The maximum absolute atomic E-state index is 11.0. The predicted octanol–water partition coefficient (Wildman–Crippen LogP) is 1.79. The molecular formula is C11H13NO3S. The molecule has 0 amide bonds. The van der Waals surface area contributed by atoms with Gasteiger partial charge in [-0.2, -0.15) is 0 Å². The number of rotatable bonds is 3. The molecule has 2 rings (SSSR count). The minimum atomic E-state index is -0.969. The zero-order valence-electron chi connectivity index (χ0n) is 8.67. The van der Waals surface area contributed by atoms with Crippen molar-refractivity contribution < 1.29 is 15.0 Å². The summed E-state index contributed by atoms with van der Waals surface area (Å²) >= 11 is 1.37. The van der Waals surface area contributed by atoms with Crippen LogP contribution in [0.1, 0.15) is 29.6 Å². The largest absolute Gasteiger partial charge is 0.478 e. The molecule has 86 valence electrons. The van der Waals surface area contributed by atoms with Gasteiger partial charge in [-0.15, -0.1) is 0 Å². The quantitative estimate of drug-likeness (QED) is 0.841. The van der Waals surface area contributed by atoms with Crippen LogP contribution >= 0.6 is 11.8 Å². The van der Waals surface area contributed by atoms with E-state index in [9.17, 15) is 9.90 Å². The number of pyridine rings is 1. The van der Waals surface area contributed by atoms with Crippen molar-refractivity contribution in [3.05, 3.63) is 23.9 Å². The van der Waals surface area contributed by atoms with Gasteiger partial charge in [-0.25, -0.2) is 9.78 Å². The first kappa shape index (κ1) is 11.4. The van der Waals surface area contributed by atoms with Gasteiger partial charge >= 0.3 is 5.97 Å². The zero-order chi connectivity index (χ0) is 11.5. The van der Waals surface area contributed by atoms with Crippen LogP contribution in [0.5, 0.6) is 0 Å². The lowest BCUT2D eigenvalue weighted by atomic mass is 10.3. The lowest BCUT2D eigenvalue weighted by Gasteiger charge is -2.14. The second kappa shape index (κ2) is 4.84. The lowest BCUT2D eigenvalue weighted by molar-refractivity contribution is 0.0692. The number of aliphatic hydroxyl groups excluding tert-OH is 1. The number of aromatic nitrogens is 1. The maximum Gasteiger partial charge on any atom is 0.338 e. The van der Waals surface area contributed by atoms with E-state index in [4.69, 9.17) is 5.11 Å². The number of aromatic carboxylic acids is 1. The molecule has 1 fully saturated rings. The minimum Gasteiger partial charge on any atom is -0.478 e. The highest BCUT2D eigenvalue weighted by atomic mass is 32.2. The van der Waals surface area contributed by atoms with E-state index in [0.717, 1.165) is 19.3 Å². The molecule has 1 saturated carbocycles. The Morgan fingerprint density at radius 3 is 2.94 bits per heavy atom. The second-order valence-electron chi connectivity index (χ2n) is 3.82. The Kier molecular flexibility index (Phi) is 3.46. The smallest absolute Gasteiger partial charge is 0.338 e. The number of hydrogen-bond donors (Lipinski definition) is 2. The van der Waals surface area contributed by atoms with Crippen LogP contribution < -0.4 is 0 Å². The van der Waals surface area contributed by atoms with Crippen molar-refractivity contribution in [3.8, 4) is 0 Å². The van der Waals surface area contributed by atoms with Crippen molar-refractivity contribution in [2.75, 3.05) is 0 Å². The molecule has 1 aromatic heterocycles. The average Bonchev–Trinajstić information content (AvgIpc) is 2.65. The molecule has 0 bridgehead atoms. The van der Waals surface area contributed by atoms with Crippen molar-refractivity contribution in [1.29, 1.82) is 0 Å². The number of thioether (sulfide) groups is 1. The van der Waals surface area contributed by atoms with Crippen LogP contribution in [0.25, 0.3) is 0 Å². The summed E-state index contributed by atoms with van der Waals surface area (Å²) in [6.07, 6.45) is 3.95. The topological polar surface area (TPSA) is 70.4 Å². The van der Waals surface area contributed by atoms with E-state index in [-0.39, 0.29) is 16.9 Å². The van der Waals surface area contributed by atoms with Crippen LogP contribution in [0.15, 0.2) is 23.4 Å². The molecule has 5 heteroatoms. The van der Waals surface area contributed by atoms with E-state index < -0.39 is 5.97 Å². The van der Waals surface area contributed by atoms with Crippen molar-refractivity contribution in [2.24, 2.45) is 0 Å². The fourth-order valence-corrected chi connectivity index (χ4v) is 3.10. The van der Waals surface area contributed by atoms with Crippen LogP contribution in [0.3, 0.4) is 0 Å². The summed E-state index contributed by atoms with van der Waals surface area (Å²) in [6.45, 7) is 0. The van der Waals surface area contributed by atoms with Crippen LogP contribution in [0, 0.1) is 0 Å². The Hall–Kier alpha value is -1.07. The summed E-state index contributed by atoms with van der Waals surface area (Å²) in [4.78, 5) is 15.0. The first-order valence-electron chi connectivity index (χ1n) is 5.21. The molecule has 0 radical (unpaired) electrons. The van der Waals surface area contributed by atoms with Gasteiger partial charge in [0.05, 0.1) is 11.7 Å². The normalized spacial score (nSPS) is 24.6. The van der Waals surface area contributed by atoms with Gasteiger partial charge in [0.2, 0.25) is 0 Å². The number of carbonyl (C=O) groups is 1. The molecular weight excluding hydrogens is 226 g/mol. The lowest BCUT2D eigenvalue weighted by Crippen LogP contribution is -2.16. The van der Waals surface area contributed by atoms with Crippen LogP contribution in [0.2, 0.25) is 0 Å². The monoisotopic (exact) mass is 239 g/mol. The molecule has 0 aliphatic heterocycles. The third-order valence-corrected chi connectivity index (χ3v) is 4.08. The van der Waals surface area contributed by atoms with E-state index in [1.807, 2.05) is 0 Å². The van der Waals surface area contributed by atoms with Crippen molar-refractivity contribution in [3.63, 3.8) is 0 Å². The fourth-order valence-electron chi connectivity index (χ4n) is 1.83. The van der Waals surface area contributed by atoms with Gasteiger partial charge in [-0.05, 0) is 31.4 Å². The van der Waals surface area contributed by atoms with Gasteiger partial charge in [0.15, 0.2) is 0 Å². The highest BCUT2D eigenvalue weighted by Crippen LogP contribution is 2.35. The van der Waals surface area contributed by atoms with Crippen molar-refractivity contribution >= 4 is 17.7 Å². The molecule has 0 spiro atoms. The summed E-state index contributed by atoms with van der Waals surface area (Å²) in [6, 6.07) is 3.15. The Morgan fingerprint density at radius 2 is 2.31 bits per heavy atom.